The minimum Gasteiger partial charge on any atom is -0.395 e. The number of rotatable bonds is 12. The lowest BCUT2D eigenvalue weighted by Crippen LogP contribution is -2.37. The molecule has 0 fully saturated rings. The van der Waals surface area contributed by atoms with Gasteiger partial charge in [0, 0.05) is 46.6 Å². The molecule has 0 saturated heterocycles. The van der Waals surface area contributed by atoms with Crippen LogP contribution in [0.3, 0.4) is 0 Å². The van der Waals surface area contributed by atoms with E-state index in [2.05, 4.69) is 0 Å². The van der Waals surface area contributed by atoms with Crippen LogP contribution in [0.1, 0.15) is 0 Å². The Labute approximate surface area is 131 Å². The first-order valence-corrected chi connectivity index (χ1v) is 6.99. The summed E-state index contributed by atoms with van der Waals surface area (Å²) in [6.45, 7) is 1.58. The highest BCUT2D eigenvalue weighted by atomic mass is 16.5. The van der Waals surface area contributed by atoms with Crippen LogP contribution in [0.2, 0.25) is 0 Å². The molecule has 0 saturated carbocycles. The third-order valence-corrected chi connectivity index (χ3v) is 2.85. The van der Waals surface area contributed by atoms with Gasteiger partial charge in [-0.1, -0.05) is 0 Å². The second kappa shape index (κ2) is 13.0. The molecule has 0 aliphatic carbocycles. The zero-order valence-corrected chi connectivity index (χ0v) is 13.2. The number of carbonyl (C=O) groups excluding carboxylic acids is 1. The monoisotopic (exact) mass is 315 g/mol. The molecular formula is C14H25N3O5. The average molecular weight is 315 g/mol. The zero-order chi connectivity index (χ0) is 16.8. The van der Waals surface area contributed by atoms with Gasteiger partial charge in [-0.15, -0.1) is 0 Å². The van der Waals surface area contributed by atoms with Gasteiger partial charge in [-0.25, -0.2) is 0 Å². The number of methoxy groups -OCH3 is 2. The van der Waals surface area contributed by atoms with E-state index in [1.54, 1.807) is 19.1 Å². The van der Waals surface area contributed by atoms with E-state index < -0.39 is 5.91 Å². The number of carbonyl (C=O) groups is 1. The molecule has 0 heterocycles. The third kappa shape index (κ3) is 7.95. The van der Waals surface area contributed by atoms with Crippen molar-refractivity contribution in [2.75, 3.05) is 66.8 Å². The molecule has 0 aliphatic rings. The predicted molar refractivity (Wildman–Crippen MR) is 79.8 cm³/mol. The van der Waals surface area contributed by atoms with Crippen molar-refractivity contribution in [3.05, 3.63) is 11.8 Å². The first-order chi connectivity index (χ1) is 10.6. The summed E-state index contributed by atoms with van der Waals surface area (Å²) in [7, 11) is 3.14. The van der Waals surface area contributed by atoms with Gasteiger partial charge in [0.1, 0.15) is 11.6 Å². The van der Waals surface area contributed by atoms with Crippen molar-refractivity contribution < 1.29 is 24.5 Å². The zero-order valence-electron chi connectivity index (χ0n) is 13.2. The fraction of sp³-hybridized carbons (Fsp3) is 0.714. The first-order valence-electron chi connectivity index (χ1n) is 6.99. The second-order valence-corrected chi connectivity index (χ2v) is 4.42. The summed E-state index contributed by atoms with van der Waals surface area (Å²) < 4.78 is 9.99. The molecule has 0 unspecified atom stereocenters. The van der Waals surface area contributed by atoms with Gasteiger partial charge in [0.2, 0.25) is 0 Å². The topological polar surface area (TPSA) is 106 Å². The largest absolute Gasteiger partial charge is 0.395 e. The average Bonchev–Trinajstić information content (AvgIpc) is 2.53. The Hall–Kier alpha value is -1.66. The van der Waals surface area contributed by atoms with E-state index in [0.29, 0.717) is 26.3 Å². The molecule has 126 valence electrons. The number of ether oxygens (including phenoxy) is 2. The molecule has 0 aromatic carbocycles. The minimum atomic E-state index is -0.523. The highest BCUT2D eigenvalue weighted by Crippen LogP contribution is 2.04. The molecule has 0 bridgehead atoms. The maximum absolute atomic E-state index is 12.3. The van der Waals surface area contributed by atoms with Crippen LogP contribution in [-0.4, -0.2) is 92.7 Å². The third-order valence-electron chi connectivity index (χ3n) is 2.85. The number of nitriles is 1. The van der Waals surface area contributed by atoms with Crippen LogP contribution in [-0.2, 0) is 14.3 Å². The Morgan fingerprint density at radius 2 is 1.59 bits per heavy atom. The van der Waals surface area contributed by atoms with Gasteiger partial charge < -0.3 is 29.5 Å². The summed E-state index contributed by atoms with van der Waals surface area (Å²) in [5.41, 5.74) is -0.0610. The van der Waals surface area contributed by atoms with Crippen LogP contribution in [0.4, 0.5) is 0 Å². The van der Waals surface area contributed by atoms with E-state index >= 15 is 0 Å². The number of hydrogen-bond donors (Lipinski definition) is 2. The van der Waals surface area contributed by atoms with Crippen LogP contribution in [0.25, 0.3) is 0 Å². The normalized spacial score (nSPS) is 11.1. The van der Waals surface area contributed by atoms with Crippen molar-refractivity contribution in [1.29, 1.82) is 5.26 Å². The summed E-state index contributed by atoms with van der Waals surface area (Å²) in [5.74, 6) is -0.523. The van der Waals surface area contributed by atoms with Crippen LogP contribution in [0.5, 0.6) is 0 Å². The van der Waals surface area contributed by atoms with E-state index in [1.807, 2.05) is 6.07 Å². The summed E-state index contributed by atoms with van der Waals surface area (Å²) in [6, 6.07) is 1.87. The van der Waals surface area contributed by atoms with Crippen LogP contribution in [0.15, 0.2) is 11.8 Å². The highest BCUT2D eigenvalue weighted by molar-refractivity contribution is 5.97. The first kappa shape index (κ1) is 20.3. The van der Waals surface area contributed by atoms with Gasteiger partial charge in [-0.3, -0.25) is 4.79 Å². The lowest BCUT2D eigenvalue weighted by Gasteiger charge is -2.23. The van der Waals surface area contributed by atoms with Crippen LogP contribution in [0, 0.1) is 11.3 Å². The highest BCUT2D eigenvalue weighted by Gasteiger charge is 2.18. The fourth-order valence-corrected chi connectivity index (χ4v) is 1.70. The van der Waals surface area contributed by atoms with E-state index in [-0.39, 0.29) is 31.9 Å². The molecule has 0 rings (SSSR count). The molecule has 0 atom stereocenters. The SMILES string of the molecule is COCCN(/C=C(/C#N)C(=O)N(CCO)CCO)CCOC. The molecule has 1 amide bonds. The maximum atomic E-state index is 12.3. The van der Waals surface area contributed by atoms with Crippen molar-refractivity contribution >= 4 is 5.91 Å². The molecule has 2 N–H and O–H groups in total. The lowest BCUT2D eigenvalue weighted by molar-refractivity contribution is -0.127. The smallest absolute Gasteiger partial charge is 0.266 e. The predicted octanol–water partition coefficient (Wildman–Crippen LogP) is -1.20. The van der Waals surface area contributed by atoms with Gasteiger partial charge >= 0.3 is 0 Å². The number of hydrogen-bond acceptors (Lipinski definition) is 7. The van der Waals surface area contributed by atoms with Gasteiger partial charge in [-0.2, -0.15) is 5.26 Å². The number of aliphatic hydroxyl groups excluding tert-OH is 2. The van der Waals surface area contributed by atoms with E-state index in [1.165, 1.54) is 11.1 Å². The van der Waals surface area contributed by atoms with Crippen LogP contribution < -0.4 is 0 Å². The summed E-state index contributed by atoms with van der Waals surface area (Å²) in [6.07, 6.45) is 1.46. The standard InChI is InChI=1S/C14H25N3O5/c1-21-9-5-16(6-10-22-2)12-13(11-15)14(20)17(3-7-18)4-8-19/h12,18-19H,3-10H2,1-2H3/b13-12-. The van der Waals surface area contributed by atoms with Gasteiger partial charge in [0.05, 0.1) is 26.4 Å². The molecule has 8 nitrogen and oxygen atoms in total. The van der Waals surface area contributed by atoms with E-state index in [4.69, 9.17) is 19.7 Å². The van der Waals surface area contributed by atoms with E-state index in [9.17, 15) is 10.1 Å². The maximum Gasteiger partial charge on any atom is 0.266 e. The summed E-state index contributed by atoms with van der Waals surface area (Å²) in [4.78, 5) is 15.3. The number of amides is 1. The molecule has 0 spiro atoms. The Morgan fingerprint density at radius 3 is 1.95 bits per heavy atom. The molecule has 0 aromatic rings. The van der Waals surface area contributed by atoms with Crippen molar-refractivity contribution in [3.63, 3.8) is 0 Å². The lowest BCUT2D eigenvalue weighted by atomic mass is 10.2. The molecule has 0 radical (unpaired) electrons. The molecule has 8 heteroatoms. The summed E-state index contributed by atoms with van der Waals surface area (Å²) >= 11 is 0. The molecule has 0 aliphatic heterocycles. The van der Waals surface area contributed by atoms with Crippen molar-refractivity contribution in [3.8, 4) is 6.07 Å². The van der Waals surface area contributed by atoms with E-state index in [0.717, 1.165) is 0 Å². The summed E-state index contributed by atoms with van der Waals surface area (Å²) in [5, 5.41) is 27.1. The Morgan fingerprint density at radius 1 is 1.09 bits per heavy atom. The quantitative estimate of drug-likeness (QED) is 0.344. The number of aliphatic hydroxyl groups is 2. The van der Waals surface area contributed by atoms with Crippen molar-refractivity contribution in [1.82, 2.24) is 9.80 Å². The minimum absolute atomic E-state index is 0.0610. The van der Waals surface area contributed by atoms with Gasteiger partial charge in [0.25, 0.3) is 5.91 Å². The van der Waals surface area contributed by atoms with Gasteiger partial charge in [-0.05, 0) is 0 Å². The van der Waals surface area contributed by atoms with Gasteiger partial charge in [0.15, 0.2) is 0 Å². The van der Waals surface area contributed by atoms with Crippen molar-refractivity contribution in [2.45, 2.75) is 0 Å². The Kier molecular flexibility index (Phi) is 12.1. The van der Waals surface area contributed by atoms with Crippen molar-refractivity contribution in [2.24, 2.45) is 0 Å². The fourth-order valence-electron chi connectivity index (χ4n) is 1.70. The Bertz CT molecular complexity index is 367. The molecule has 22 heavy (non-hydrogen) atoms. The molecular weight excluding hydrogens is 290 g/mol. The Balaban J connectivity index is 5.03. The molecule has 0 aromatic heterocycles. The second-order valence-electron chi connectivity index (χ2n) is 4.42. The van der Waals surface area contributed by atoms with Crippen LogP contribution >= 0.6 is 0 Å². The number of nitrogens with zero attached hydrogens (tertiary/aromatic N) is 3.